The Bertz CT molecular complexity index is 1260. The molecule has 7 nitrogen and oxygen atoms in total. The van der Waals surface area contributed by atoms with Gasteiger partial charge in [-0.3, -0.25) is 10.2 Å². The van der Waals surface area contributed by atoms with Gasteiger partial charge in [0.25, 0.3) is 0 Å². The molecule has 0 atom stereocenters. The van der Waals surface area contributed by atoms with Gasteiger partial charge in [0.15, 0.2) is 0 Å². The topological polar surface area (TPSA) is 68.7 Å². The highest BCUT2D eigenvalue weighted by Gasteiger charge is 2.21. The maximum Gasteiger partial charge on any atom is 0.229 e. The highest BCUT2D eigenvalue weighted by molar-refractivity contribution is 7.80. The molecule has 8 heteroatoms. The molecular formula is C29H35N7S. The van der Waals surface area contributed by atoms with Crippen molar-refractivity contribution in [3.63, 3.8) is 0 Å². The summed E-state index contributed by atoms with van der Waals surface area (Å²) < 4.78 is 0. The van der Waals surface area contributed by atoms with Crippen LogP contribution in [0.5, 0.6) is 0 Å². The zero-order valence-electron chi connectivity index (χ0n) is 22.0. The molecule has 2 aromatic carbocycles. The Hall–Kier alpha value is -3.62. The highest BCUT2D eigenvalue weighted by atomic mass is 32.1. The van der Waals surface area contributed by atoms with Gasteiger partial charge in [-0.25, -0.2) is 9.97 Å². The minimum atomic E-state index is 0.397. The average molecular weight is 514 g/mol. The predicted octanol–water partition coefficient (Wildman–Crippen LogP) is 5.21. The van der Waals surface area contributed by atoms with Gasteiger partial charge in [-0.1, -0.05) is 54.6 Å². The lowest BCUT2D eigenvalue weighted by Gasteiger charge is -2.35. The Labute approximate surface area is 225 Å². The van der Waals surface area contributed by atoms with Crippen LogP contribution in [-0.4, -0.2) is 63.6 Å². The molecule has 2 heterocycles. The number of piperazine rings is 1. The van der Waals surface area contributed by atoms with E-state index in [2.05, 4.69) is 86.7 Å². The van der Waals surface area contributed by atoms with Crippen LogP contribution in [0.3, 0.4) is 0 Å². The third-order valence-corrected chi connectivity index (χ3v) is 6.60. The summed E-state index contributed by atoms with van der Waals surface area (Å²) in [5.74, 6) is 1.19. The third-order valence-electron chi connectivity index (χ3n) is 6.40. The molecule has 4 rings (SSSR count). The first kappa shape index (κ1) is 26.4. The number of nitrogens with one attached hydrogen (secondary N) is 2. The molecule has 0 saturated carbocycles. The number of benzene rings is 2. The van der Waals surface area contributed by atoms with Crippen molar-refractivity contribution in [3.05, 3.63) is 88.8 Å². The summed E-state index contributed by atoms with van der Waals surface area (Å²) in [5.41, 5.74) is 6.35. The molecule has 0 spiro atoms. The lowest BCUT2D eigenvalue weighted by molar-refractivity contribution is 0.198. The number of hydrogen-bond donors (Lipinski definition) is 2. The van der Waals surface area contributed by atoms with Gasteiger partial charge >= 0.3 is 0 Å². The largest absolute Gasteiger partial charge is 0.340 e. The fourth-order valence-corrected chi connectivity index (χ4v) is 4.43. The number of guanidine groups is 1. The SMILES string of the molecule is Cc1cc(C)nc(N/C(=N\C(=S)Nc2cccc(C)c2C)N2CCN(C/C=C/c3ccccc3)CC2)n1. The zero-order chi connectivity index (χ0) is 26.2. The van der Waals surface area contributed by atoms with Crippen LogP contribution < -0.4 is 10.6 Å². The Balaban J connectivity index is 1.46. The summed E-state index contributed by atoms with van der Waals surface area (Å²) >= 11 is 5.65. The molecular weight excluding hydrogens is 478 g/mol. The molecule has 0 aliphatic carbocycles. The lowest BCUT2D eigenvalue weighted by Crippen LogP contribution is -2.51. The van der Waals surface area contributed by atoms with Crippen LogP contribution in [0.4, 0.5) is 11.6 Å². The predicted molar refractivity (Wildman–Crippen MR) is 158 cm³/mol. The number of aryl methyl sites for hydroxylation is 3. The Morgan fingerprint density at radius 1 is 0.919 bits per heavy atom. The lowest BCUT2D eigenvalue weighted by atomic mass is 10.1. The second-order valence-corrected chi connectivity index (χ2v) is 9.70. The van der Waals surface area contributed by atoms with Gasteiger partial charge in [-0.2, -0.15) is 4.99 Å². The van der Waals surface area contributed by atoms with Crippen LogP contribution in [-0.2, 0) is 0 Å². The molecule has 192 valence electrons. The van der Waals surface area contributed by atoms with E-state index >= 15 is 0 Å². The van der Waals surface area contributed by atoms with E-state index < -0.39 is 0 Å². The average Bonchev–Trinajstić information content (AvgIpc) is 2.87. The van der Waals surface area contributed by atoms with Crippen LogP contribution >= 0.6 is 12.2 Å². The molecule has 0 amide bonds. The van der Waals surface area contributed by atoms with Crippen molar-refractivity contribution in [3.8, 4) is 0 Å². The van der Waals surface area contributed by atoms with E-state index in [1.54, 1.807) is 0 Å². The Kier molecular flexibility index (Phi) is 8.98. The van der Waals surface area contributed by atoms with Gasteiger partial charge < -0.3 is 10.2 Å². The number of hydrogen-bond acceptors (Lipinski definition) is 4. The maximum atomic E-state index is 5.65. The van der Waals surface area contributed by atoms with Crippen molar-refractivity contribution in [1.82, 2.24) is 19.8 Å². The molecule has 1 aliphatic heterocycles. The number of rotatable bonds is 5. The van der Waals surface area contributed by atoms with Crippen molar-refractivity contribution >= 4 is 41.0 Å². The molecule has 2 N–H and O–H groups in total. The normalized spacial score (nSPS) is 14.7. The summed E-state index contributed by atoms with van der Waals surface area (Å²) in [6.07, 6.45) is 4.40. The third kappa shape index (κ3) is 7.68. The summed E-state index contributed by atoms with van der Waals surface area (Å²) in [6.45, 7) is 12.5. The van der Waals surface area contributed by atoms with E-state index in [-0.39, 0.29) is 0 Å². The van der Waals surface area contributed by atoms with Crippen molar-refractivity contribution in [2.45, 2.75) is 27.7 Å². The molecule has 37 heavy (non-hydrogen) atoms. The van der Waals surface area contributed by atoms with Gasteiger partial charge in [0.05, 0.1) is 0 Å². The van der Waals surface area contributed by atoms with Gasteiger partial charge in [0.2, 0.25) is 17.0 Å². The standard InChI is InChI=1S/C29H35N7S/c1-21-10-8-14-26(24(21)4)32-29(37)34-28(33-27-30-22(2)20-23(3)31-27)36-18-16-35(17-19-36)15-9-13-25-11-6-5-7-12-25/h5-14,20H,15-19H2,1-4H3,(H2,30,31,32,33,34,37)/b13-9+. The van der Waals surface area contributed by atoms with Gasteiger partial charge in [-0.15, -0.1) is 0 Å². The van der Waals surface area contributed by atoms with Crippen LogP contribution in [0.25, 0.3) is 6.08 Å². The van der Waals surface area contributed by atoms with Crippen molar-refractivity contribution < 1.29 is 0 Å². The molecule has 1 saturated heterocycles. The molecule has 1 fully saturated rings. The molecule has 0 bridgehead atoms. The number of nitrogens with zero attached hydrogens (tertiary/aromatic N) is 5. The van der Waals surface area contributed by atoms with Crippen LogP contribution in [0.15, 0.2) is 65.7 Å². The van der Waals surface area contributed by atoms with Crippen molar-refractivity contribution in [1.29, 1.82) is 0 Å². The highest BCUT2D eigenvalue weighted by Crippen LogP contribution is 2.18. The second kappa shape index (κ2) is 12.6. The van der Waals surface area contributed by atoms with Crippen LogP contribution in [0.2, 0.25) is 0 Å². The van der Waals surface area contributed by atoms with Gasteiger partial charge in [-0.05, 0) is 68.7 Å². The van der Waals surface area contributed by atoms with E-state index in [9.17, 15) is 0 Å². The first-order chi connectivity index (χ1) is 17.9. The summed E-state index contributed by atoms with van der Waals surface area (Å²) in [4.78, 5) is 18.6. The fourth-order valence-electron chi connectivity index (χ4n) is 4.23. The fraction of sp³-hybridized carbons (Fsp3) is 0.310. The number of thiocarbonyl (C=S) groups is 1. The minimum Gasteiger partial charge on any atom is -0.340 e. The smallest absolute Gasteiger partial charge is 0.229 e. The van der Waals surface area contributed by atoms with Gasteiger partial charge in [0.1, 0.15) is 0 Å². The Morgan fingerprint density at radius 2 is 1.62 bits per heavy atom. The van der Waals surface area contributed by atoms with E-state index in [1.807, 2.05) is 38.1 Å². The quantitative estimate of drug-likeness (QED) is 0.276. The van der Waals surface area contributed by atoms with Crippen LogP contribution in [0.1, 0.15) is 28.1 Å². The first-order valence-corrected chi connectivity index (χ1v) is 13.0. The molecule has 1 aliphatic rings. The van der Waals surface area contributed by atoms with Crippen LogP contribution in [0, 0.1) is 27.7 Å². The van der Waals surface area contributed by atoms with E-state index in [0.29, 0.717) is 17.0 Å². The van der Waals surface area contributed by atoms with Crippen molar-refractivity contribution in [2.24, 2.45) is 4.99 Å². The van der Waals surface area contributed by atoms with E-state index in [0.717, 1.165) is 55.4 Å². The van der Waals surface area contributed by atoms with E-state index in [4.69, 9.17) is 17.2 Å². The zero-order valence-corrected chi connectivity index (χ0v) is 22.8. The molecule has 3 aromatic rings. The number of anilines is 2. The summed E-state index contributed by atoms with van der Waals surface area (Å²) in [6, 6.07) is 18.5. The van der Waals surface area contributed by atoms with Gasteiger partial charge in [0, 0.05) is 49.8 Å². The molecule has 0 unspecified atom stereocenters. The summed E-state index contributed by atoms with van der Waals surface area (Å²) in [5, 5.41) is 7.04. The molecule has 1 aromatic heterocycles. The number of aliphatic imine (C=N–C) groups is 1. The number of aromatic nitrogens is 2. The minimum absolute atomic E-state index is 0.397. The van der Waals surface area contributed by atoms with Crippen molar-refractivity contribution in [2.75, 3.05) is 43.4 Å². The van der Waals surface area contributed by atoms with E-state index in [1.165, 1.54) is 11.1 Å². The molecule has 0 radical (unpaired) electrons. The monoisotopic (exact) mass is 513 g/mol. The second-order valence-electron chi connectivity index (χ2n) is 9.31. The Morgan fingerprint density at radius 3 is 2.32 bits per heavy atom. The summed E-state index contributed by atoms with van der Waals surface area (Å²) in [7, 11) is 0. The maximum absolute atomic E-state index is 5.65. The first-order valence-electron chi connectivity index (χ1n) is 12.6.